The monoisotopic (exact) mass is 694 g/mol. The molecule has 2 N–H and O–H groups in total. The summed E-state index contributed by atoms with van der Waals surface area (Å²) >= 11 is 0. The van der Waals surface area contributed by atoms with Gasteiger partial charge in [-0.3, -0.25) is 19.2 Å². The first-order chi connectivity index (χ1) is 24.1. The Morgan fingerprint density at radius 3 is 2.26 bits per heavy atom. The largest absolute Gasteiger partial charge is 0.466 e. The Labute approximate surface area is 299 Å². The lowest BCUT2D eigenvalue weighted by Crippen LogP contribution is -2.60. The van der Waals surface area contributed by atoms with Gasteiger partial charge in [-0.25, -0.2) is 0 Å². The summed E-state index contributed by atoms with van der Waals surface area (Å²) in [5.41, 5.74) is -0.769. The summed E-state index contributed by atoms with van der Waals surface area (Å²) in [6.45, 7) is 4.17. The molecule has 0 radical (unpaired) electrons. The van der Waals surface area contributed by atoms with E-state index in [0.29, 0.717) is 19.4 Å². The van der Waals surface area contributed by atoms with Crippen LogP contribution in [0.1, 0.15) is 136 Å². The van der Waals surface area contributed by atoms with Crippen molar-refractivity contribution in [3.8, 4) is 0 Å². The zero-order valence-electron chi connectivity index (χ0n) is 30.6. The summed E-state index contributed by atoms with van der Waals surface area (Å²) < 4.78 is 10.5. The van der Waals surface area contributed by atoms with Crippen molar-refractivity contribution < 1.29 is 38.9 Å². The number of rotatable bonds is 21. The number of carbonyl (C=O) groups is 4. The van der Waals surface area contributed by atoms with Gasteiger partial charge in [-0.1, -0.05) is 88.3 Å². The van der Waals surface area contributed by atoms with E-state index in [2.05, 4.69) is 38.2 Å². The van der Waals surface area contributed by atoms with Crippen LogP contribution in [0.5, 0.6) is 0 Å². The number of unbranched alkanes of at least 4 members (excludes halogenated alkanes) is 9. The minimum Gasteiger partial charge on any atom is -0.466 e. The summed E-state index contributed by atoms with van der Waals surface area (Å²) in [5.74, 6) is -2.46. The summed E-state index contributed by atoms with van der Waals surface area (Å²) in [4.78, 5) is 49.8. The highest BCUT2D eigenvalue weighted by atomic mass is 16.5. The molecule has 4 aliphatic carbocycles. The number of aliphatic hydroxyl groups excluding tert-OH is 1. The van der Waals surface area contributed by atoms with Crippen LogP contribution in [-0.2, 0) is 28.7 Å². The molecular formula is C42H62O8. The molecule has 0 heterocycles. The number of hydrogen-bond acceptors (Lipinski definition) is 8. The van der Waals surface area contributed by atoms with Gasteiger partial charge in [0.2, 0.25) is 0 Å². The Morgan fingerprint density at radius 1 is 0.880 bits per heavy atom. The van der Waals surface area contributed by atoms with Gasteiger partial charge in [0.1, 0.15) is 6.61 Å². The number of carbonyl (C=O) groups excluding carboxylic acids is 4. The van der Waals surface area contributed by atoms with Crippen molar-refractivity contribution in [3.05, 3.63) is 48.1 Å². The first kappa shape index (κ1) is 39.9. The molecule has 6 unspecified atom stereocenters. The van der Waals surface area contributed by atoms with Crippen molar-refractivity contribution in [2.45, 2.75) is 148 Å². The minimum atomic E-state index is -1.36. The average Bonchev–Trinajstić information content (AvgIpc) is 3.44. The molecule has 50 heavy (non-hydrogen) atoms. The van der Waals surface area contributed by atoms with Gasteiger partial charge in [0.25, 0.3) is 0 Å². The van der Waals surface area contributed by atoms with E-state index in [4.69, 9.17) is 9.47 Å². The zero-order chi connectivity index (χ0) is 36.0. The molecule has 0 bridgehead atoms. The number of hydrogen-bond donors (Lipinski definition) is 2. The van der Waals surface area contributed by atoms with E-state index in [1.165, 1.54) is 44.9 Å². The number of esters is 2. The highest BCUT2D eigenvalue weighted by Gasteiger charge is 2.64. The van der Waals surface area contributed by atoms with Crippen LogP contribution in [0.3, 0.4) is 0 Å². The molecule has 3 fully saturated rings. The van der Waals surface area contributed by atoms with Crippen LogP contribution >= 0.6 is 0 Å². The maximum atomic E-state index is 13.3. The van der Waals surface area contributed by atoms with Crippen molar-refractivity contribution in [1.29, 1.82) is 0 Å². The van der Waals surface area contributed by atoms with E-state index >= 15 is 0 Å². The third-order valence-corrected chi connectivity index (χ3v) is 11.9. The van der Waals surface area contributed by atoms with Crippen molar-refractivity contribution in [2.75, 3.05) is 13.2 Å². The summed E-state index contributed by atoms with van der Waals surface area (Å²) in [6.07, 6.45) is 29.5. The molecule has 278 valence electrons. The fourth-order valence-electron chi connectivity index (χ4n) is 9.25. The van der Waals surface area contributed by atoms with Crippen molar-refractivity contribution in [1.82, 2.24) is 0 Å². The highest BCUT2D eigenvalue weighted by Crippen LogP contribution is 2.63. The molecular weight excluding hydrogens is 632 g/mol. The summed E-state index contributed by atoms with van der Waals surface area (Å²) in [6, 6.07) is 0. The molecule has 0 saturated heterocycles. The number of allylic oxidation sites excluding steroid dienone is 8. The fourth-order valence-corrected chi connectivity index (χ4v) is 9.25. The van der Waals surface area contributed by atoms with Gasteiger partial charge < -0.3 is 19.7 Å². The van der Waals surface area contributed by atoms with Crippen LogP contribution in [-0.4, -0.2) is 58.6 Å². The van der Waals surface area contributed by atoms with Gasteiger partial charge >= 0.3 is 11.9 Å². The van der Waals surface area contributed by atoms with Crippen molar-refractivity contribution in [2.24, 2.45) is 29.1 Å². The maximum Gasteiger partial charge on any atom is 0.306 e. The van der Waals surface area contributed by atoms with E-state index in [9.17, 15) is 29.4 Å². The molecule has 0 aromatic carbocycles. The lowest BCUT2D eigenvalue weighted by Gasteiger charge is -2.57. The van der Waals surface area contributed by atoms with Gasteiger partial charge in [0.15, 0.2) is 11.6 Å². The predicted molar refractivity (Wildman–Crippen MR) is 194 cm³/mol. The Hall–Kier alpha value is -2.84. The molecule has 0 aromatic rings. The Morgan fingerprint density at radius 2 is 1.54 bits per heavy atom. The first-order valence-corrected chi connectivity index (χ1v) is 19.6. The topological polar surface area (TPSA) is 127 Å². The van der Waals surface area contributed by atoms with E-state index in [-0.39, 0.29) is 48.6 Å². The molecule has 7 atom stereocenters. The summed E-state index contributed by atoms with van der Waals surface area (Å²) in [7, 11) is 0. The molecule has 8 nitrogen and oxygen atoms in total. The quantitative estimate of drug-likeness (QED) is 0.0707. The van der Waals surface area contributed by atoms with Gasteiger partial charge in [-0.05, 0) is 88.2 Å². The lowest BCUT2D eigenvalue weighted by atomic mass is 9.49. The van der Waals surface area contributed by atoms with Crippen LogP contribution in [0.25, 0.3) is 0 Å². The number of ketones is 2. The van der Waals surface area contributed by atoms with Crippen LogP contribution in [0.15, 0.2) is 48.1 Å². The third-order valence-electron chi connectivity index (χ3n) is 11.9. The van der Waals surface area contributed by atoms with Gasteiger partial charge in [0, 0.05) is 17.8 Å². The Balaban J connectivity index is 1.05. The molecule has 0 aromatic heterocycles. The second kappa shape index (κ2) is 19.7. The van der Waals surface area contributed by atoms with Crippen molar-refractivity contribution >= 4 is 23.5 Å². The zero-order valence-corrected chi connectivity index (χ0v) is 30.6. The highest BCUT2D eigenvalue weighted by molar-refractivity contribution is 6.01. The number of aliphatic hydroxyl groups is 2. The SMILES string of the molecule is CCCCC/C=C\C/C=C\CCCCCCCCOC(=O)CCC(=O)OCC(=O)[C@H]1CCC2C3CCC4=CC(=O)C=CC4(C)C3C(O)CC21O. The normalized spacial score (nSPS) is 30.2. The van der Waals surface area contributed by atoms with Crippen molar-refractivity contribution in [3.63, 3.8) is 0 Å². The third kappa shape index (κ3) is 10.6. The number of Topliss-reactive ketones (excluding diaryl/α,β-unsaturated/α-hetero) is 1. The standard InChI is InChI=1S/C42H62O8/c1-3-4-5-6-7-8-9-10-11-12-13-14-15-16-17-18-27-49-38(46)23-24-39(47)50-30-37(45)35-22-21-34-33-20-19-31-28-32(43)25-26-41(31,2)40(33)36(44)29-42(34,35)48/h7-8,10-11,25-26,28,33-36,40,44,48H,3-6,9,12-24,27,29-30H2,1-2H3/b8-7-,11-10-/t33?,34?,35-,36?,40?,41?,42?/m1/s1. The van der Waals surface area contributed by atoms with Gasteiger partial charge in [-0.2, -0.15) is 0 Å². The van der Waals surface area contributed by atoms with Gasteiger partial charge in [-0.15, -0.1) is 0 Å². The van der Waals surface area contributed by atoms with Crippen LogP contribution in [0.4, 0.5) is 0 Å². The number of ether oxygens (including phenoxy) is 2. The molecule has 4 rings (SSSR count). The molecule has 8 heteroatoms. The van der Waals surface area contributed by atoms with E-state index < -0.39 is 41.6 Å². The molecule has 0 aliphatic heterocycles. The fraction of sp³-hybridized carbons (Fsp3) is 0.714. The van der Waals surface area contributed by atoms with E-state index in [1.54, 1.807) is 12.2 Å². The van der Waals surface area contributed by atoms with E-state index in [0.717, 1.165) is 50.5 Å². The minimum absolute atomic E-state index is 0.0187. The predicted octanol–water partition coefficient (Wildman–Crippen LogP) is 7.86. The molecule has 0 amide bonds. The molecule has 3 saturated carbocycles. The first-order valence-electron chi connectivity index (χ1n) is 19.6. The Kier molecular flexibility index (Phi) is 15.7. The molecule has 0 spiro atoms. The number of fused-ring (bicyclic) bond motifs is 5. The smallest absolute Gasteiger partial charge is 0.306 e. The van der Waals surface area contributed by atoms with Gasteiger partial charge in [0.05, 0.1) is 37.1 Å². The van der Waals surface area contributed by atoms with E-state index in [1.807, 2.05) is 6.08 Å². The van der Waals surface area contributed by atoms with Crippen LogP contribution < -0.4 is 0 Å². The Bertz CT molecular complexity index is 1280. The average molecular weight is 695 g/mol. The van der Waals surface area contributed by atoms with Crippen LogP contribution in [0, 0.1) is 29.1 Å². The lowest BCUT2D eigenvalue weighted by molar-refractivity contribution is -0.175. The second-order valence-corrected chi connectivity index (χ2v) is 15.3. The molecule has 4 aliphatic rings. The van der Waals surface area contributed by atoms with Crippen LogP contribution in [0.2, 0.25) is 0 Å². The summed E-state index contributed by atoms with van der Waals surface area (Å²) in [5, 5.41) is 23.3. The maximum absolute atomic E-state index is 13.3. The second-order valence-electron chi connectivity index (χ2n) is 15.3.